The lowest BCUT2D eigenvalue weighted by Crippen LogP contribution is -2.51. The quantitative estimate of drug-likeness (QED) is 0.210. The molecule has 7 rings (SSSR count). The van der Waals surface area contributed by atoms with Crippen LogP contribution in [-0.2, 0) is 20.9 Å². The van der Waals surface area contributed by atoms with Gasteiger partial charge in [-0.2, -0.15) is 0 Å². The fourth-order valence-corrected chi connectivity index (χ4v) is 7.72. The molecule has 0 spiro atoms. The topological polar surface area (TPSA) is 136 Å². The second kappa shape index (κ2) is 15.6. The molecule has 12 heteroatoms. The molecule has 1 aromatic heterocycles. The number of H-pyrrole nitrogens is 1. The number of piperidine rings is 2. The number of carbonyl (C=O) groups excluding carboxylic acids is 3. The van der Waals surface area contributed by atoms with Crippen LogP contribution in [0.3, 0.4) is 0 Å². The molecule has 0 bridgehead atoms. The van der Waals surface area contributed by atoms with E-state index in [9.17, 15) is 19.2 Å². The lowest BCUT2D eigenvalue weighted by molar-refractivity contribution is -0.135. The number of benzene rings is 3. The first kappa shape index (κ1) is 35.2. The molecule has 4 aromatic rings. The Bertz CT molecular complexity index is 1970. The van der Waals surface area contributed by atoms with Gasteiger partial charge in [0.15, 0.2) is 0 Å². The van der Waals surface area contributed by atoms with E-state index < -0.39 is 6.04 Å². The lowest BCUT2D eigenvalue weighted by atomic mass is 9.89. The number of aromatic nitrogens is 1. The number of amides is 3. The van der Waals surface area contributed by atoms with Crippen LogP contribution < -0.4 is 25.7 Å². The van der Waals surface area contributed by atoms with E-state index in [1.54, 1.807) is 20.4 Å². The van der Waals surface area contributed by atoms with Crippen LogP contribution in [-0.4, -0.2) is 103 Å². The Labute approximate surface area is 303 Å². The number of fused-ring (bicyclic) bond motifs is 1. The van der Waals surface area contributed by atoms with Gasteiger partial charge in [-0.25, -0.2) is 0 Å². The summed E-state index contributed by atoms with van der Waals surface area (Å²) in [6.45, 7) is 5.64. The first-order valence-corrected chi connectivity index (χ1v) is 18.1. The number of aromatic amines is 1. The number of rotatable bonds is 10. The second-order valence-electron chi connectivity index (χ2n) is 13.9. The molecule has 4 heterocycles. The average molecular weight is 707 g/mol. The molecular weight excluding hydrogens is 660 g/mol. The monoisotopic (exact) mass is 706 g/mol. The molecule has 3 aliphatic rings. The Morgan fingerprint density at radius 1 is 0.827 bits per heavy atom. The molecule has 3 aromatic carbocycles. The van der Waals surface area contributed by atoms with E-state index in [0.717, 1.165) is 66.8 Å². The summed E-state index contributed by atoms with van der Waals surface area (Å²) in [7, 11) is 3.32. The van der Waals surface area contributed by atoms with Crippen LogP contribution in [0.1, 0.15) is 42.7 Å². The normalized spacial score (nSPS) is 19.0. The maximum atomic E-state index is 13.4. The summed E-state index contributed by atoms with van der Waals surface area (Å²) < 4.78 is 11.7. The molecule has 3 saturated heterocycles. The molecule has 3 N–H and O–H groups in total. The molecule has 3 amide bonds. The van der Waals surface area contributed by atoms with E-state index in [2.05, 4.69) is 37.6 Å². The van der Waals surface area contributed by atoms with Crippen molar-refractivity contribution in [2.45, 2.75) is 44.2 Å². The van der Waals surface area contributed by atoms with Gasteiger partial charge in [-0.15, -0.1) is 0 Å². The van der Waals surface area contributed by atoms with Crippen LogP contribution in [0.25, 0.3) is 21.9 Å². The number of pyridine rings is 1. The SMILES string of the molecule is COc1cc(-c2c[nH]c(=O)c3ccccc23)cc(OC)c1CN1CCN(C(=O)CN2CCC(c3ccc(NC4CCC(=O)NC4=O)cc3)CC2)CC1. The number of nitrogens with zero attached hydrogens (tertiary/aromatic N) is 3. The maximum Gasteiger partial charge on any atom is 0.255 e. The van der Waals surface area contributed by atoms with Gasteiger partial charge in [-0.1, -0.05) is 30.3 Å². The smallest absolute Gasteiger partial charge is 0.255 e. The van der Waals surface area contributed by atoms with Crippen LogP contribution in [0.2, 0.25) is 0 Å². The molecule has 3 aliphatic heterocycles. The molecule has 12 nitrogen and oxygen atoms in total. The highest BCUT2D eigenvalue weighted by molar-refractivity contribution is 6.01. The zero-order valence-electron chi connectivity index (χ0n) is 29.8. The molecular formula is C40H46N6O6. The molecule has 1 atom stereocenters. The summed E-state index contributed by atoms with van der Waals surface area (Å²) in [5, 5.41) is 7.12. The van der Waals surface area contributed by atoms with Crippen molar-refractivity contribution in [2.24, 2.45) is 0 Å². The summed E-state index contributed by atoms with van der Waals surface area (Å²) >= 11 is 0. The van der Waals surface area contributed by atoms with Crippen molar-refractivity contribution in [3.8, 4) is 22.6 Å². The third-order valence-corrected chi connectivity index (χ3v) is 10.7. The molecule has 272 valence electrons. The Morgan fingerprint density at radius 2 is 1.50 bits per heavy atom. The molecule has 0 saturated carbocycles. The van der Waals surface area contributed by atoms with Crippen molar-refractivity contribution in [3.05, 3.63) is 88.3 Å². The van der Waals surface area contributed by atoms with Gasteiger partial charge < -0.3 is 24.7 Å². The third-order valence-electron chi connectivity index (χ3n) is 10.7. The highest BCUT2D eigenvalue weighted by Crippen LogP contribution is 2.38. The number of carbonyl (C=O) groups is 3. The van der Waals surface area contributed by atoms with Crippen molar-refractivity contribution >= 4 is 34.2 Å². The zero-order valence-corrected chi connectivity index (χ0v) is 29.8. The maximum absolute atomic E-state index is 13.4. The van der Waals surface area contributed by atoms with E-state index >= 15 is 0 Å². The standard InChI is InChI=1S/C40H46N6O6/c1-51-35-21-28(32-23-41-39(49)31-6-4-3-5-30(31)32)22-36(52-2)33(35)24-45-17-19-46(20-18-45)38(48)25-44-15-13-27(14-16-44)26-7-9-29(10-8-26)42-34-11-12-37(47)43-40(34)50/h3-10,21-23,27,34,42H,11-20,24-25H2,1-2H3,(H,41,49)(H,43,47,50). The average Bonchev–Trinajstić information content (AvgIpc) is 3.17. The van der Waals surface area contributed by atoms with Gasteiger partial charge in [0, 0.05) is 62.0 Å². The predicted molar refractivity (Wildman–Crippen MR) is 200 cm³/mol. The number of piperazine rings is 1. The minimum absolute atomic E-state index is 0.126. The Morgan fingerprint density at radius 3 is 2.15 bits per heavy atom. The van der Waals surface area contributed by atoms with Crippen molar-refractivity contribution in [3.63, 3.8) is 0 Å². The van der Waals surface area contributed by atoms with Crippen molar-refractivity contribution in [1.29, 1.82) is 0 Å². The Kier molecular flexibility index (Phi) is 10.6. The summed E-state index contributed by atoms with van der Waals surface area (Å²) in [5.41, 5.74) is 4.74. The van der Waals surface area contributed by atoms with E-state index in [0.29, 0.717) is 61.8 Å². The van der Waals surface area contributed by atoms with Gasteiger partial charge in [0.1, 0.15) is 17.5 Å². The van der Waals surface area contributed by atoms with Crippen molar-refractivity contribution < 1.29 is 23.9 Å². The van der Waals surface area contributed by atoms with Gasteiger partial charge in [-0.3, -0.25) is 34.3 Å². The van der Waals surface area contributed by atoms with E-state index in [1.807, 2.05) is 53.4 Å². The zero-order chi connectivity index (χ0) is 36.2. The van der Waals surface area contributed by atoms with Gasteiger partial charge in [0.25, 0.3) is 5.56 Å². The van der Waals surface area contributed by atoms with Crippen molar-refractivity contribution in [1.82, 2.24) is 25.0 Å². The number of likely N-dealkylation sites (tertiary alicyclic amines) is 1. The number of hydrogen-bond donors (Lipinski definition) is 3. The van der Waals surface area contributed by atoms with E-state index in [4.69, 9.17) is 9.47 Å². The van der Waals surface area contributed by atoms with Crippen LogP contribution in [0.4, 0.5) is 5.69 Å². The number of imide groups is 1. The highest BCUT2D eigenvalue weighted by Gasteiger charge is 2.29. The van der Waals surface area contributed by atoms with Gasteiger partial charge in [0.2, 0.25) is 17.7 Å². The van der Waals surface area contributed by atoms with Gasteiger partial charge in [-0.05, 0) is 85.1 Å². The predicted octanol–water partition coefficient (Wildman–Crippen LogP) is 3.95. The van der Waals surface area contributed by atoms with Crippen molar-refractivity contribution in [2.75, 3.05) is 65.3 Å². The number of hydrogen-bond acceptors (Lipinski definition) is 9. The Hall–Kier alpha value is -5.20. The molecule has 1 unspecified atom stereocenters. The van der Waals surface area contributed by atoms with Crippen LogP contribution in [0.5, 0.6) is 11.5 Å². The summed E-state index contributed by atoms with van der Waals surface area (Å²) in [4.78, 5) is 58.8. The molecule has 3 fully saturated rings. The van der Waals surface area contributed by atoms with Gasteiger partial charge in [0.05, 0.1) is 26.3 Å². The lowest BCUT2D eigenvalue weighted by Gasteiger charge is -2.37. The summed E-state index contributed by atoms with van der Waals surface area (Å²) in [6.07, 6.45) is 4.56. The fraction of sp³-hybridized carbons (Fsp3) is 0.400. The first-order chi connectivity index (χ1) is 25.3. The molecule has 52 heavy (non-hydrogen) atoms. The number of anilines is 1. The Balaban J connectivity index is 0.898. The molecule has 0 aliphatic carbocycles. The minimum Gasteiger partial charge on any atom is -0.496 e. The highest BCUT2D eigenvalue weighted by atomic mass is 16.5. The number of ether oxygens (including phenoxy) is 2. The third kappa shape index (κ3) is 7.68. The van der Waals surface area contributed by atoms with Crippen LogP contribution in [0.15, 0.2) is 71.7 Å². The van der Waals surface area contributed by atoms with Gasteiger partial charge >= 0.3 is 0 Å². The van der Waals surface area contributed by atoms with Crippen LogP contribution in [0, 0.1) is 0 Å². The van der Waals surface area contributed by atoms with E-state index in [1.165, 1.54) is 5.56 Å². The fourth-order valence-electron chi connectivity index (χ4n) is 7.72. The summed E-state index contributed by atoms with van der Waals surface area (Å²) in [6, 6.07) is 19.4. The number of methoxy groups -OCH3 is 2. The van der Waals surface area contributed by atoms with E-state index in [-0.39, 0.29) is 23.3 Å². The van der Waals surface area contributed by atoms with Crippen LogP contribution >= 0.6 is 0 Å². The first-order valence-electron chi connectivity index (χ1n) is 18.1. The largest absolute Gasteiger partial charge is 0.496 e. The minimum atomic E-state index is -0.394. The summed E-state index contributed by atoms with van der Waals surface area (Å²) in [5.74, 6) is 1.54. The number of nitrogens with one attached hydrogen (secondary N) is 3. The second-order valence-corrected chi connectivity index (χ2v) is 13.9. The molecule has 0 radical (unpaired) electrons.